The summed E-state index contributed by atoms with van der Waals surface area (Å²) in [5.41, 5.74) is 0.205. The Kier molecular flexibility index (Phi) is 3.52. The van der Waals surface area contributed by atoms with E-state index in [4.69, 9.17) is 4.74 Å². The van der Waals surface area contributed by atoms with E-state index in [9.17, 15) is 9.90 Å². The van der Waals surface area contributed by atoms with Crippen LogP contribution >= 0.6 is 0 Å². The number of aliphatic hydroxyl groups is 1. The van der Waals surface area contributed by atoms with Crippen molar-refractivity contribution in [3.05, 3.63) is 29.8 Å². The van der Waals surface area contributed by atoms with Crippen LogP contribution in [-0.4, -0.2) is 29.9 Å². The first kappa shape index (κ1) is 13.8. The van der Waals surface area contributed by atoms with Crippen molar-refractivity contribution in [1.29, 1.82) is 0 Å². The molecular weight excluding hydrogens is 244 g/mol. The van der Waals surface area contributed by atoms with Crippen molar-refractivity contribution in [2.24, 2.45) is 0 Å². The van der Waals surface area contributed by atoms with Gasteiger partial charge in [-0.2, -0.15) is 0 Å². The van der Waals surface area contributed by atoms with Gasteiger partial charge in [-0.1, -0.05) is 12.1 Å². The summed E-state index contributed by atoms with van der Waals surface area (Å²) < 4.78 is 5.16. The molecule has 3 N–H and O–H groups in total. The molecule has 0 aliphatic carbocycles. The lowest BCUT2D eigenvalue weighted by atomic mass is 9.88. The van der Waals surface area contributed by atoms with Crippen molar-refractivity contribution in [2.45, 2.75) is 32.0 Å². The molecule has 1 aromatic carbocycles. The van der Waals surface area contributed by atoms with Gasteiger partial charge in [0.1, 0.15) is 11.2 Å². The second-order valence-corrected chi connectivity index (χ2v) is 5.84. The number of benzene rings is 1. The van der Waals surface area contributed by atoms with Crippen LogP contribution in [0.1, 0.15) is 26.3 Å². The number of β-amino-alcohol motifs (C(OH)–C–C–N with tert-alkyl or cyclic N) is 1. The van der Waals surface area contributed by atoms with E-state index in [0.717, 1.165) is 5.56 Å². The average Bonchev–Trinajstić information content (AvgIpc) is 2.24. The molecule has 1 amide bonds. The minimum Gasteiger partial charge on any atom is -0.444 e. The highest BCUT2D eigenvalue weighted by Gasteiger charge is 2.35. The van der Waals surface area contributed by atoms with Gasteiger partial charge in [0.25, 0.3) is 0 Å². The van der Waals surface area contributed by atoms with E-state index in [1.165, 1.54) is 0 Å². The molecule has 1 aliphatic rings. The standard InChI is InChI=1S/C14H20N2O3/c1-13(2,3)19-12(17)16-11-6-4-10(5-7-11)14(18)8-15-9-14/h4-7,15,18H,8-9H2,1-3H3,(H,16,17). The van der Waals surface area contributed by atoms with Crippen LogP contribution in [0, 0.1) is 0 Å². The van der Waals surface area contributed by atoms with Gasteiger partial charge in [0, 0.05) is 18.8 Å². The highest BCUT2D eigenvalue weighted by Crippen LogP contribution is 2.26. The van der Waals surface area contributed by atoms with Crippen LogP contribution in [0.25, 0.3) is 0 Å². The number of rotatable bonds is 2. The molecule has 0 unspecified atom stereocenters. The van der Waals surface area contributed by atoms with E-state index in [2.05, 4.69) is 10.6 Å². The van der Waals surface area contributed by atoms with Gasteiger partial charge >= 0.3 is 6.09 Å². The minimum atomic E-state index is -0.773. The first-order valence-electron chi connectivity index (χ1n) is 6.32. The van der Waals surface area contributed by atoms with Crippen LogP contribution in [0.2, 0.25) is 0 Å². The molecule has 0 bridgehead atoms. The molecule has 1 heterocycles. The number of hydrogen-bond acceptors (Lipinski definition) is 4. The van der Waals surface area contributed by atoms with Crippen molar-refractivity contribution in [2.75, 3.05) is 18.4 Å². The quantitative estimate of drug-likeness (QED) is 0.762. The van der Waals surface area contributed by atoms with E-state index in [1.54, 1.807) is 12.1 Å². The lowest BCUT2D eigenvalue weighted by Gasteiger charge is -2.38. The molecule has 0 spiro atoms. The molecule has 0 saturated carbocycles. The van der Waals surface area contributed by atoms with Gasteiger partial charge < -0.3 is 15.2 Å². The van der Waals surface area contributed by atoms with E-state index in [0.29, 0.717) is 18.8 Å². The molecule has 0 radical (unpaired) electrons. The predicted octanol–water partition coefficient (Wildman–Crippen LogP) is 1.82. The fraction of sp³-hybridized carbons (Fsp3) is 0.500. The van der Waals surface area contributed by atoms with Gasteiger partial charge in [-0.25, -0.2) is 4.79 Å². The lowest BCUT2D eigenvalue weighted by Crippen LogP contribution is -2.56. The van der Waals surface area contributed by atoms with Gasteiger partial charge in [-0.05, 0) is 38.5 Å². The van der Waals surface area contributed by atoms with Gasteiger partial charge in [0.2, 0.25) is 0 Å². The Hall–Kier alpha value is -1.59. The van der Waals surface area contributed by atoms with Crippen molar-refractivity contribution in [3.8, 4) is 0 Å². The summed E-state index contributed by atoms with van der Waals surface area (Å²) in [5.74, 6) is 0. The van der Waals surface area contributed by atoms with Crippen molar-refractivity contribution in [1.82, 2.24) is 5.32 Å². The third kappa shape index (κ3) is 3.45. The maximum atomic E-state index is 11.6. The molecule has 19 heavy (non-hydrogen) atoms. The Balaban J connectivity index is 1.97. The van der Waals surface area contributed by atoms with Crippen LogP contribution in [0.5, 0.6) is 0 Å². The van der Waals surface area contributed by atoms with Crippen LogP contribution in [0.3, 0.4) is 0 Å². The fourth-order valence-corrected chi connectivity index (χ4v) is 1.85. The zero-order valence-corrected chi connectivity index (χ0v) is 11.5. The van der Waals surface area contributed by atoms with E-state index < -0.39 is 17.3 Å². The first-order valence-corrected chi connectivity index (χ1v) is 6.32. The maximum Gasteiger partial charge on any atom is 0.412 e. The summed E-state index contributed by atoms with van der Waals surface area (Å²) >= 11 is 0. The zero-order chi connectivity index (χ0) is 14.1. The number of hydrogen-bond donors (Lipinski definition) is 3. The highest BCUT2D eigenvalue weighted by atomic mass is 16.6. The molecule has 5 nitrogen and oxygen atoms in total. The van der Waals surface area contributed by atoms with Crippen LogP contribution in [-0.2, 0) is 10.3 Å². The topological polar surface area (TPSA) is 70.6 Å². The molecule has 5 heteroatoms. The summed E-state index contributed by atoms with van der Waals surface area (Å²) in [4.78, 5) is 11.6. The molecule has 1 fully saturated rings. The Morgan fingerprint density at radius 2 is 1.89 bits per heavy atom. The molecule has 104 valence electrons. The average molecular weight is 264 g/mol. The van der Waals surface area contributed by atoms with Gasteiger partial charge in [-0.3, -0.25) is 5.32 Å². The van der Waals surface area contributed by atoms with Crippen LogP contribution < -0.4 is 10.6 Å². The molecule has 1 aliphatic heterocycles. The van der Waals surface area contributed by atoms with Crippen LogP contribution in [0.15, 0.2) is 24.3 Å². The third-order valence-electron chi connectivity index (χ3n) is 2.90. The lowest BCUT2D eigenvalue weighted by molar-refractivity contribution is -0.0146. The molecular formula is C14H20N2O3. The Bertz CT molecular complexity index is 459. The van der Waals surface area contributed by atoms with Crippen molar-refractivity contribution in [3.63, 3.8) is 0 Å². The van der Waals surface area contributed by atoms with Gasteiger partial charge in [-0.15, -0.1) is 0 Å². The fourth-order valence-electron chi connectivity index (χ4n) is 1.85. The Morgan fingerprint density at radius 1 is 1.32 bits per heavy atom. The summed E-state index contributed by atoms with van der Waals surface area (Å²) in [6.45, 7) is 6.57. The SMILES string of the molecule is CC(C)(C)OC(=O)Nc1ccc(C2(O)CNC2)cc1. The monoisotopic (exact) mass is 264 g/mol. The number of carbonyl (C=O) groups excluding carboxylic acids is 1. The number of ether oxygens (including phenoxy) is 1. The summed E-state index contributed by atoms with van der Waals surface area (Å²) in [6, 6.07) is 7.15. The normalized spacial score (nSPS) is 17.5. The highest BCUT2D eigenvalue weighted by molar-refractivity contribution is 5.84. The molecule has 1 aromatic rings. The van der Waals surface area contributed by atoms with E-state index >= 15 is 0 Å². The summed E-state index contributed by atoms with van der Waals surface area (Å²) in [6.07, 6.45) is -0.482. The summed E-state index contributed by atoms with van der Waals surface area (Å²) in [5, 5.41) is 15.8. The van der Waals surface area contributed by atoms with Crippen LogP contribution in [0.4, 0.5) is 10.5 Å². The third-order valence-corrected chi connectivity index (χ3v) is 2.90. The first-order chi connectivity index (χ1) is 8.78. The molecule has 1 saturated heterocycles. The van der Waals surface area contributed by atoms with Crippen molar-refractivity contribution < 1.29 is 14.6 Å². The minimum absolute atomic E-state index is 0.482. The second kappa shape index (κ2) is 4.83. The zero-order valence-electron chi connectivity index (χ0n) is 11.5. The van der Waals surface area contributed by atoms with Gasteiger partial charge in [0.05, 0.1) is 0 Å². The molecule has 0 aromatic heterocycles. The number of amides is 1. The number of nitrogens with one attached hydrogen (secondary N) is 2. The smallest absolute Gasteiger partial charge is 0.412 e. The molecule has 2 rings (SSSR count). The largest absolute Gasteiger partial charge is 0.444 e. The van der Waals surface area contributed by atoms with Crippen molar-refractivity contribution >= 4 is 11.8 Å². The summed E-state index contributed by atoms with van der Waals surface area (Å²) in [7, 11) is 0. The second-order valence-electron chi connectivity index (χ2n) is 5.84. The maximum absolute atomic E-state index is 11.6. The molecule has 0 atom stereocenters. The van der Waals surface area contributed by atoms with E-state index in [-0.39, 0.29) is 0 Å². The number of carbonyl (C=O) groups is 1. The number of anilines is 1. The predicted molar refractivity (Wildman–Crippen MR) is 73.1 cm³/mol. The van der Waals surface area contributed by atoms with E-state index in [1.807, 2.05) is 32.9 Å². The Morgan fingerprint density at radius 3 is 2.32 bits per heavy atom. The van der Waals surface area contributed by atoms with Gasteiger partial charge in [0.15, 0.2) is 0 Å². The Labute approximate surface area is 113 Å².